The van der Waals surface area contributed by atoms with Crippen LogP contribution in [-0.2, 0) is 13.0 Å². The van der Waals surface area contributed by atoms with Crippen molar-refractivity contribution in [3.05, 3.63) is 47.8 Å². The topological polar surface area (TPSA) is 92.8 Å². The van der Waals surface area contributed by atoms with E-state index in [2.05, 4.69) is 30.3 Å². The summed E-state index contributed by atoms with van der Waals surface area (Å²) in [4.78, 5) is 12.0. The van der Waals surface area contributed by atoms with Crippen molar-refractivity contribution in [1.29, 1.82) is 0 Å². The van der Waals surface area contributed by atoms with Gasteiger partial charge in [-0.1, -0.05) is 12.1 Å². The van der Waals surface area contributed by atoms with Crippen molar-refractivity contribution in [2.45, 2.75) is 26.0 Å². The van der Waals surface area contributed by atoms with Gasteiger partial charge in [0, 0.05) is 38.2 Å². The van der Waals surface area contributed by atoms with E-state index in [0.29, 0.717) is 29.6 Å². The molecule has 0 atom stereocenters. The van der Waals surface area contributed by atoms with Gasteiger partial charge in [-0.3, -0.25) is 4.99 Å². The summed E-state index contributed by atoms with van der Waals surface area (Å²) in [6.07, 6.45) is 1.62. The summed E-state index contributed by atoms with van der Waals surface area (Å²) >= 11 is 0. The first-order valence-electron chi connectivity index (χ1n) is 9.88. The van der Waals surface area contributed by atoms with Crippen molar-refractivity contribution < 1.29 is 23.0 Å². The number of nitrogens with one attached hydrogen (secondary N) is 3. The second-order valence-electron chi connectivity index (χ2n) is 6.85. The molecule has 1 aliphatic rings. The summed E-state index contributed by atoms with van der Waals surface area (Å²) in [7, 11) is 1.64. The number of rotatable bonds is 8. The highest BCUT2D eigenvalue weighted by molar-refractivity contribution is 5.79. The zero-order chi connectivity index (χ0) is 21.6. The van der Waals surface area contributed by atoms with Crippen molar-refractivity contribution in [3.8, 4) is 17.2 Å². The summed E-state index contributed by atoms with van der Waals surface area (Å²) in [5.41, 5.74) is 2.48. The molecule has 0 bridgehead atoms. The number of halogens is 2. The monoisotopic (exact) mass is 431 g/mol. The Bertz CT molecular complexity index is 1040. The van der Waals surface area contributed by atoms with Crippen molar-refractivity contribution in [2.24, 2.45) is 4.99 Å². The van der Waals surface area contributed by atoms with Crippen molar-refractivity contribution in [1.82, 2.24) is 20.6 Å². The van der Waals surface area contributed by atoms with E-state index >= 15 is 0 Å². The molecule has 0 saturated heterocycles. The molecule has 10 heteroatoms. The number of hydrogen-bond donors (Lipinski definition) is 3. The lowest BCUT2D eigenvalue weighted by molar-refractivity contribution is -0.0505. The molecule has 2 aromatic carbocycles. The summed E-state index contributed by atoms with van der Waals surface area (Å²) in [6, 6.07) is 10.9. The number of para-hydroxylation sites is 2. The van der Waals surface area contributed by atoms with Crippen LogP contribution in [-0.4, -0.2) is 42.9 Å². The zero-order valence-electron chi connectivity index (χ0n) is 17.0. The fourth-order valence-electron chi connectivity index (χ4n) is 3.30. The number of aromatic amines is 1. The number of benzene rings is 2. The molecule has 0 saturated carbocycles. The van der Waals surface area contributed by atoms with E-state index in [0.717, 1.165) is 29.7 Å². The molecular weight excluding hydrogens is 408 g/mol. The molecular formula is C21H23F2N5O3. The Morgan fingerprint density at radius 3 is 2.81 bits per heavy atom. The van der Waals surface area contributed by atoms with Gasteiger partial charge in [0.1, 0.15) is 11.6 Å². The first kappa shape index (κ1) is 20.7. The van der Waals surface area contributed by atoms with Gasteiger partial charge < -0.3 is 29.8 Å². The van der Waals surface area contributed by atoms with Crippen LogP contribution in [0.25, 0.3) is 11.0 Å². The quantitative estimate of drug-likeness (QED) is 0.288. The minimum atomic E-state index is -2.94. The maximum Gasteiger partial charge on any atom is 0.387 e. The van der Waals surface area contributed by atoms with Crippen LogP contribution in [0.2, 0.25) is 0 Å². The molecule has 164 valence electrons. The van der Waals surface area contributed by atoms with E-state index in [4.69, 9.17) is 9.47 Å². The molecule has 1 aliphatic heterocycles. The second-order valence-corrected chi connectivity index (χ2v) is 6.85. The molecule has 0 amide bonds. The van der Waals surface area contributed by atoms with Gasteiger partial charge in [-0.2, -0.15) is 8.78 Å². The average Bonchev–Trinajstić information content (AvgIpc) is 3.38. The van der Waals surface area contributed by atoms with Gasteiger partial charge in [0.2, 0.25) is 6.79 Å². The van der Waals surface area contributed by atoms with Crippen molar-refractivity contribution >= 4 is 17.0 Å². The maximum absolute atomic E-state index is 12.8. The Hall–Kier alpha value is -3.56. The number of guanidine groups is 1. The third kappa shape index (κ3) is 5.14. The van der Waals surface area contributed by atoms with Crippen LogP contribution in [0.15, 0.2) is 41.4 Å². The van der Waals surface area contributed by atoms with E-state index in [1.54, 1.807) is 13.1 Å². The first-order chi connectivity index (χ1) is 15.1. The largest absolute Gasteiger partial charge is 0.454 e. The summed E-state index contributed by atoms with van der Waals surface area (Å²) < 4.78 is 40.7. The van der Waals surface area contributed by atoms with Crippen LogP contribution < -0.4 is 24.8 Å². The lowest BCUT2D eigenvalue weighted by Gasteiger charge is -2.15. The molecule has 0 fully saturated rings. The Morgan fingerprint density at radius 1 is 1.23 bits per heavy atom. The minimum Gasteiger partial charge on any atom is -0.454 e. The van der Waals surface area contributed by atoms with Crippen LogP contribution in [0.1, 0.15) is 17.8 Å². The van der Waals surface area contributed by atoms with Crippen molar-refractivity contribution in [3.63, 3.8) is 0 Å². The molecule has 8 nitrogen and oxygen atoms in total. The zero-order valence-corrected chi connectivity index (χ0v) is 17.0. The third-order valence-electron chi connectivity index (χ3n) is 4.76. The van der Waals surface area contributed by atoms with Crippen LogP contribution >= 0.6 is 0 Å². The Balaban J connectivity index is 1.29. The smallest absolute Gasteiger partial charge is 0.387 e. The van der Waals surface area contributed by atoms with Gasteiger partial charge in [-0.05, 0) is 24.6 Å². The molecule has 0 spiro atoms. The third-order valence-corrected chi connectivity index (χ3v) is 4.76. The summed E-state index contributed by atoms with van der Waals surface area (Å²) in [6.45, 7) is -2.00. The van der Waals surface area contributed by atoms with E-state index in [1.807, 2.05) is 24.3 Å². The molecule has 31 heavy (non-hydrogen) atoms. The fraction of sp³-hybridized carbons (Fsp3) is 0.333. The number of aromatic nitrogens is 2. The van der Waals surface area contributed by atoms with Crippen LogP contribution in [0.5, 0.6) is 17.2 Å². The normalized spacial score (nSPS) is 13.1. The first-order valence-corrected chi connectivity index (χ1v) is 9.88. The van der Waals surface area contributed by atoms with Gasteiger partial charge in [-0.15, -0.1) is 0 Å². The summed E-state index contributed by atoms with van der Waals surface area (Å²) in [5, 5.41) is 6.31. The Labute approximate surface area is 177 Å². The van der Waals surface area contributed by atoms with Gasteiger partial charge in [0.05, 0.1) is 11.0 Å². The average molecular weight is 431 g/mol. The Kier molecular flexibility index (Phi) is 6.34. The predicted molar refractivity (Wildman–Crippen MR) is 112 cm³/mol. The van der Waals surface area contributed by atoms with Gasteiger partial charge >= 0.3 is 6.61 Å². The lowest BCUT2D eigenvalue weighted by atomic mass is 10.1. The molecule has 1 aromatic heterocycles. The fourth-order valence-corrected chi connectivity index (χ4v) is 3.30. The van der Waals surface area contributed by atoms with Crippen molar-refractivity contribution in [2.75, 3.05) is 20.4 Å². The highest BCUT2D eigenvalue weighted by Gasteiger charge is 2.20. The molecule has 2 heterocycles. The number of H-pyrrole nitrogens is 1. The summed E-state index contributed by atoms with van der Waals surface area (Å²) in [5.74, 6) is 2.39. The minimum absolute atomic E-state index is 0.0343. The number of aliphatic imine (C=N–C) groups is 1. The standard InChI is InChI=1S/C21H23F2N5O3/c1-24-21(25-8-4-7-19-27-14-5-2-3-6-15(14)28-19)26-11-13-9-17-18(30-12-29-17)10-16(13)31-20(22)23/h2-3,5-6,9-10,20H,4,7-8,11-12H2,1H3,(H,27,28)(H2,24,25,26). The molecule has 0 aliphatic carbocycles. The number of imidazole rings is 1. The predicted octanol–water partition coefficient (Wildman–Crippen LogP) is 3.19. The number of fused-ring (bicyclic) bond motifs is 2. The van der Waals surface area contributed by atoms with E-state index in [9.17, 15) is 8.78 Å². The van der Waals surface area contributed by atoms with Gasteiger partial charge in [0.15, 0.2) is 17.5 Å². The molecule has 4 rings (SSSR count). The van der Waals surface area contributed by atoms with Crippen LogP contribution in [0.3, 0.4) is 0 Å². The van der Waals surface area contributed by atoms with Gasteiger partial charge in [-0.25, -0.2) is 4.98 Å². The van der Waals surface area contributed by atoms with E-state index < -0.39 is 6.61 Å². The highest BCUT2D eigenvalue weighted by atomic mass is 19.3. The number of hydrogen-bond acceptors (Lipinski definition) is 5. The van der Waals surface area contributed by atoms with E-state index in [-0.39, 0.29) is 19.1 Å². The molecule has 3 aromatic rings. The van der Waals surface area contributed by atoms with Gasteiger partial charge in [0.25, 0.3) is 0 Å². The molecule has 3 N–H and O–H groups in total. The van der Waals surface area contributed by atoms with Crippen LogP contribution in [0, 0.1) is 0 Å². The number of aryl methyl sites for hydroxylation is 1. The van der Waals surface area contributed by atoms with E-state index in [1.165, 1.54) is 6.07 Å². The number of ether oxygens (including phenoxy) is 3. The Morgan fingerprint density at radius 2 is 2.03 bits per heavy atom. The number of alkyl halides is 2. The SMILES string of the molecule is CN=C(NCCCc1nc2ccccc2[nH]1)NCc1cc2c(cc1OC(F)F)OCO2. The molecule has 0 radical (unpaired) electrons. The highest BCUT2D eigenvalue weighted by Crippen LogP contribution is 2.38. The molecule has 0 unspecified atom stereocenters. The lowest BCUT2D eigenvalue weighted by Crippen LogP contribution is -2.37. The van der Waals surface area contributed by atoms with Crippen LogP contribution in [0.4, 0.5) is 8.78 Å². The number of nitrogens with zero attached hydrogens (tertiary/aromatic N) is 2. The second kappa shape index (κ2) is 9.50. The maximum atomic E-state index is 12.8.